The van der Waals surface area contributed by atoms with E-state index in [1.807, 2.05) is 0 Å². The van der Waals surface area contributed by atoms with Gasteiger partial charge in [-0.25, -0.2) is 0 Å². The van der Waals surface area contributed by atoms with E-state index in [2.05, 4.69) is 52.9 Å². The molecule has 0 saturated heterocycles. The molecule has 0 atom stereocenters. The number of carbonyl (C=O) groups is 1. The second-order valence-corrected chi connectivity index (χ2v) is 13.1. The summed E-state index contributed by atoms with van der Waals surface area (Å²) in [5, 5.41) is 9.10. The molecular weight excluding hydrogens is 304 g/mol. The molecule has 23 heavy (non-hydrogen) atoms. The van der Waals surface area contributed by atoms with Gasteiger partial charge in [0.25, 0.3) is 0 Å². The Morgan fingerprint density at radius 1 is 1.30 bits per heavy atom. The number of aliphatic carboxylic acids is 1. The molecule has 0 unspecified atom stereocenters. The van der Waals surface area contributed by atoms with Crippen molar-refractivity contribution < 1.29 is 14.3 Å². The molecule has 0 bridgehead atoms. The van der Waals surface area contributed by atoms with E-state index >= 15 is 0 Å². The normalized spacial score (nSPS) is 15.6. The summed E-state index contributed by atoms with van der Waals surface area (Å²) in [5.41, 5.74) is 3.59. The minimum atomic E-state index is -1.87. The van der Waals surface area contributed by atoms with E-state index in [0.717, 1.165) is 16.9 Å². The zero-order chi connectivity index (χ0) is 17.4. The van der Waals surface area contributed by atoms with E-state index in [1.165, 1.54) is 18.4 Å². The maximum atomic E-state index is 10.9. The third-order valence-corrected chi connectivity index (χ3v) is 9.61. The maximum Gasteiger partial charge on any atom is 0.303 e. The number of hydrogen-bond donors (Lipinski definition) is 1. The van der Waals surface area contributed by atoms with Crippen LogP contribution in [0.3, 0.4) is 0 Å². The summed E-state index contributed by atoms with van der Waals surface area (Å²) < 4.78 is 6.58. The van der Waals surface area contributed by atoms with Gasteiger partial charge in [-0.3, -0.25) is 4.79 Å². The van der Waals surface area contributed by atoms with Crippen LogP contribution < -0.4 is 4.43 Å². The molecule has 3 nitrogen and oxygen atoms in total. The third kappa shape index (κ3) is 4.37. The van der Waals surface area contributed by atoms with Crippen molar-refractivity contribution >= 4 is 14.3 Å². The van der Waals surface area contributed by atoms with E-state index in [0.29, 0.717) is 12.3 Å². The van der Waals surface area contributed by atoms with Crippen LogP contribution in [0.1, 0.15) is 62.6 Å². The molecule has 2 rings (SSSR count). The van der Waals surface area contributed by atoms with Crippen LogP contribution in [0.5, 0.6) is 5.75 Å². The van der Waals surface area contributed by atoms with Gasteiger partial charge in [0.15, 0.2) is 0 Å². The molecule has 1 saturated carbocycles. The predicted octanol–water partition coefficient (Wildman–Crippen LogP) is 5.27. The van der Waals surface area contributed by atoms with E-state index < -0.39 is 14.3 Å². The van der Waals surface area contributed by atoms with Gasteiger partial charge >= 0.3 is 5.97 Å². The van der Waals surface area contributed by atoms with Crippen LogP contribution in [-0.4, -0.2) is 19.4 Å². The van der Waals surface area contributed by atoms with Crippen molar-refractivity contribution in [1.82, 2.24) is 0 Å². The number of hydrogen-bond acceptors (Lipinski definition) is 2. The van der Waals surface area contributed by atoms with Crippen LogP contribution in [0.4, 0.5) is 0 Å². The Labute approximate surface area is 141 Å². The minimum Gasteiger partial charge on any atom is -0.543 e. The lowest BCUT2D eigenvalue weighted by Crippen LogP contribution is -2.44. The number of benzene rings is 1. The van der Waals surface area contributed by atoms with Gasteiger partial charge in [-0.1, -0.05) is 26.8 Å². The maximum absolute atomic E-state index is 10.9. The molecule has 0 amide bonds. The fraction of sp³-hybridized carbons (Fsp3) is 0.632. The second-order valence-electron chi connectivity index (χ2n) is 8.35. The first-order chi connectivity index (χ1) is 10.5. The van der Waals surface area contributed by atoms with Crippen molar-refractivity contribution in [2.24, 2.45) is 0 Å². The molecule has 1 aromatic rings. The molecule has 1 aliphatic rings. The molecule has 4 heteroatoms. The second kappa shape index (κ2) is 6.31. The third-order valence-electron chi connectivity index (χ3n) is 5.27. The fourth-order valence-corrected chi connectivity index (χ4v) is 3.52. The number of carboxylic acid groups (broad SMARTS) is 1. The van der Waals surface area contributed by atoms with Gasteiger partial charge in [0.05, 0.1) is 0 Å². The first-order valence-corrected chi connectivity index (χ1v) is 11.5. The van der Waals surface area contributed by atoms with E-state index in [4.69, 9.17) is 9.53 Å². The smallest absolute Gasteiger partial charge is 0.303 e. The average molecular weight is 335 g/mol. The van der Waals surface area contributed by atoms with Gasteiger partial charge in [-0.05, 0) is 73.0 Å². The van der Waals surface area contributed by atoms with Crippen LogP contribution >= 0.6 is 0 Å². The van der Waals surface area contributed by atoms with Crippen LogP contribution in [0, 0.1) is 6.92 Å². The lowest BCUT2D eigenvalue weighted by atomic mass is 9.98. The SMILES string of the molecule is Cc1cc(O[Si](C)(C)C(C)(C)C)c(C2CC2)cc1CCC(=O)O. The number of aryl methyl sites for hydroxylation is 2. The topological polar surface area (TPSA) is 46.5 Å². The van der Waals surface area contributed by atoms with E-state index in [9.17, 15) is 4.79 Å². The van der Waals surface area contributed by atoms with Gasteiger partial charge in [-0.2, -0.15) is 0 Å². The average Bonchev–Trinajstić information content (AvgIpc) is 3.20. The van der Waals surface area contributed by atoms with Crippen LogP contribution in [-0.2, 0) is 11.2 Å². The highest BCUT2D eigenvalue weighted by Crippen LogP contribution is 2.47. The molecular formula is C19H30O3Si. The van der Waals surface area contributed by atoms with Crippen molar-refractivity contribution in [1.29, 1.82) is 0 Å². The fourth-order valence-electron chi connectivity index (χ4n) is 2.49. The molecule has 1 N–H and O–H groups in total. The zero-order valence-electron chi connectivity index (χ0n) is 15.3. The van der Waals surface area contributed by atoms with E-state index in [1.54, 1.807) is 0 Å². The zero-order valence-corrected chi connectivity index (χ0v) is 16.3. The highest BCUT2D eigenvalue weighted by molar-refractivity contribution is 6.74. The van der Waals surface area contributed by atoms with Gasteiger partial charge in [0.2, 0.25) is 8.32 Å². The first-order valence-electron chi connectivity index (χ1n) is 8.55. The van der Waals surface area contributed by atoms with Crippen molar-refractivity contribution in [3.05, 3.63) is 28.8 Å². The number of rotatable bonds is 6. The Morgan fingerprint density at radius 2 is 1.91 bits per heavy atom. The summed E-state index contributed by atoms with van der Waals surface area (Å²) in [4.78, 5) is 10.9. The van der Waals surface area contributed by atoms with Crippen LogP contribution in [0.15, 0.2) is 12.1 Å². The molecule has 0 aliphatic heterocycles. The van der Waals surface area contributed by atoms with Crippen LogP contribution in [0.2, 0.25) is 18.1 Å². The molecule has 0 heterocycles. The van der Waals surface area contributed by atoms with Gasteiger partial charge in [-0.15, -0.1) is 0 Å². The summed E-state index contributed by atoms with van der Waals surface area (Å²) in [6.45, 7) is 13.4. The van der Waals surface area contributed by atoms with Crippen LogP contribution in [0.25, 0.3) is 0 Å². The van der Waals surface area contributed by atoms with Crippen molar-refractivity contribution in [2.45, 2.75) is 77.4 Å². The Morgan fingerprint density at radius 3 is 2.39 bits per heavy atom. The highest BCUT2D eigenvalue weighted by Gasteiger charge is 2.40. The minimum absolute atomic E-state index is 0.170. The molecule has 1 aliphatic carbocycles. The van der Waals surface area contributed by atoms with Gasteiger partial charge in [0, 0.05) is 6.42 Å². The standard InChI is InChI=1S/C19H30O3Si/c1-13-11-17(22-23(5,6)19(2,3)4)16(14-7-8-14)12-15(13)9-10-18(20)21/h11-12,14H,7-10H2,1-6H3,(H,20,21). The molecule has 0 aromatic heterocycles. The van der Waals surface area contributed by atoms with E-state index in [-0.39, 0.29) is 11.5 Å². The van der Waals surface area contributed by atoms with Gasteiger partial charge in [0.1, 0.15) is 5.75 Å². The lowest BCUT2D eigenvalue weighted by molar-refractivity contribution is -0.136. The summed E-state index contributed by atoms with van der Waals surface area (Å²) in [7, 11) is -1.87. The summed E-state index contributed by atoms with van der Waals surface area (Å²) >= 11 is 0. The molecule has 0 spiro atoms. The summed E-state index contributed by atoms with van der Waals surface area (Å²) in [6.07, 6.45) is 3.22. The lowest BCUT2D eigenvalue weighted by Gasteiger charge is -2.37. The Balaban J connectivity index is 2.33. The predicted molar refractivity (Wildman–Crippen MR) is 96.9 cm³/mol. The summed E-state index contributed by atoms with van der Waals surface area (Å²) in [6, 6.07) is 4.35. The largest absolute Gasteiger partial charge is 0.543 e. The molecule has 1 fully saturated rings. The van der Waals surface area contributed by atoms with Crippen molar-refractivity contribution in [3.63, 3.8) is 0 Å². The summed E-state index contributed by atoms with van der Waals surface area (Å²) in [5.74, 6) is 0.897. The monoisotopic (exact) mass is 334 g/mol. The van der Waals surface area contributed by atoms with Gasteiger partial charge < -0.3 is 9.53 Å². The Kier molecular flexibility index (Phi) is 4.95. The Hall–Kier alpha value is -1.29. The van der Waals surface area contributed by atoms with Crippen molar-refractivity contribution in [2.75, 3.05) is 0 Å². The quantitative estimate of drug-likeness (QED) is 0.721. The van der Waals surface area contributed by atoms with Crippen molar-refractivity contribution in [3.8, 4) is 5.75 Å². The first kappa shape index (κ1) is 18.1. The highest BCUT2D eigenvalue weighted by atomic mass is 28.4. The molecule has 128 valence electrons. The molecule has 0 radical (unpaired) electrons. The molecule has 1 aromatic carbocycles. The number of carboxylic acids is 1. The Bertz CT molecular complexity index is 595.